The van der Waals surface area contributed by atoms with Gasteiger partial charge in [0.15, 0.2) is 4.77 Å². The number of hydrogen-bond acceptors (Lipinski definition) is 3. The Kier molecular flexibility index (Phi) is 2.13. The van der Waals surface area contributed by atoms with Gasteiger partial charge in [0, 0.05) is 18.6 Å². The van der Waals surface area contributed by atoms with E-state index in [1.165, 1.54) is 45.1 Å². The van der Waals surface area contributed by atoms with Crippen LogP contribution in [0.3, 0.4) is 0 Å². The molecule has 0 saturated heterocycles. The van der Waals surface area contributed by atoms with E-state index in [4.69, 9.17) is 12.2 Å². The summed E-state index contributed by atoms with van der Waals surface area (Å²) in [4.78, 5) is 2.52. The lowest BCUT2D eigenvalue weighted by atomic mass is 10.3. The van der Waals surface area contributed by atoms with Crippen LogP contribution in [0.1, 0.15) is 44.6 Å². The minimum Gasteiger partial charge on any atom is -0.338 e. The van der Waals surface area contributed by atoms with Gasteiger partial charge < -0.3 is 4.90 Å². The molecule has 4 rings (SSSR count). The fraction of sp³-hybridized carbons (Fsp3) is 0.833. The van der Waals surface area contributed by atoms with Crippen molar-refractivity contribution in [1.29, 1.82) is 0 Å². The highest BCUT2D eigenvalue weighted by molar-refractivity contribution is 7.71. The summed E-state index contributed by atoms with van der Waals surface area (Å²) in [6.45, 7) is 1.19. The zero-order valence-electron chi connectivity index (χ0n) is 9.93. The van der Waals surface area contributed by atoms with E-state index in [1.54, 1.807) is 0 Å². The highest BCUT2D eigenvalue weighted by Crippen LogP contribution is 2.41. The van der Waals surface area contributed by atoms with Crippen LogP contribution in [0.2, 0.25) is 0 Å². The van der Waals surface area contributed by atoms with E-state index >= 15 is 0 Å². The van der Waals surface area contributed by atoms with Crippen LogP contribution >= 0.6 is 12.2 Å². The first-order chi connectivity index (χ1) is 8.33. The average molecular weight is 250 g/mol. The first kappa shape index (κ1) is 10.1. The van der Waals surface area contributed by atoms with Gasteiger partial charge in [-0.15, -0.1) is 5.10 Å². The van der Waals surface area contributed by atoms with Crippen molar-refractivity contribution >= 4 is 18.2 Å². The first-order valence-corrected chi connectivity index (χ1v) is 7.17. The van der Waals surface area contributed by atoms with Gasteiger partial charge in [-0.3, -0.25) is 4.57 Å². The molecule has 0 aliphatic heterocycles. The number of hydrogen-bond donors (Lipinski definition) is 1. The number of rotatable bonds is 5. The van der Waals surface area contributed by atoms with E-state index < -0.39 is 0 Å². The molecule has 5 heteroatoms. The Labute approximate surface area is 106 Å². The van der Waals surface area contributed by atoms with Gasteiger partial charge in [0.1, 0.15) is 0 Å². The lowest BCUT2D eigenvalue weighted by Gasteiger charge is -2.23. The van der Waals surface area contributed by atoms with Gasteiger partial charge in [-0.25, -0.2) is 5.10 Å². The van der Waals surface area contributed by atoms with Crippen LogP contribution in [0.5, 0.6) is 0 Å². The Balaban J connectivity index is 1.67. The van der Waals surface area contributed by atoms with Crippen molar-refractivity contribution in [2.45, 2.75) is 50.6 Å². The maximum atomic E-state index is 5.36. The summed E-state index contributed by atoms with van der Waals surface area (Å²) >= 11 is 5.36. The largest absolute Gasteiger partial charge is 0.338 e. The number of nitrogens with zero attached hydrogens (tertiary/aromatic N) is 3. The predicted octanol–water partition coefficient (Wildman–Crippen LogP) is 2.65. The van der Waals surface area contributed by atoms with Crippen molar-refractivity contribution in [3.05, 3.63) is 4.77 Å². The minimum atomic E-state index is 0.622. The monoisotopic (exact) mass is 250 g/mol. The Morgan fingerprint density at radius 1 is 1.24 bits per heavy atom. The van der Waals surface area contributed by atoms with Crippen LogP contribution in [0.4, 0.5) is 5.95 Å². The van der Waals surface area contributed by atoms with E-state index in [0.717, 1.165) is 22.7 Å². The fourth-order valence-corrected chi connectivity index (χ4v) is 2.80. The maximum absolute atomic E-state index is 5.36. The predicted molar refractivity (Wildman–Crippen MR) is 68.8 cm³/mol. The second kappa shape index (κ2) is 3.57. The molecule has 1 aromatic heterocycles. The van der Waals surface area contributed by atoms with Crippen molar-refractivity contribution in [2.75, 3.05) is 11.4 Å². The van der Waals surface area contributed by atoms with E-state index in [-0.39, 0.29) is 0 Å². The molecule has 4 nitrogen and oxygen atoms in total. The molecule has 0 aromatic carbocycles. The van der Waals surface area contributed by atoms with Crippen LogP contribution in [0, 0.1) is 10.7 Å². The van der Waals surface area contributed by atoms with Crippen molar-refractivity contribution < 1.29 is 0 Å². The molecule has 1 aromatic rings. The summed E-state index contributed by atoms with van der Waals surface area (Å²) in [5.74, 6) is 2.03. The van der Waals surface area contributed by atoms with Gasteiger partial charge >= 0.3 is 0 Å². The molecule has 3 saturated carbocycles. The van der Waals surface area contributed by atoms with Crippen molar-refractivity contribution in [1.82, 2.24) is 14.8 Å². The van der Waals surface area contributed by atoms with Crippen molar-refractivity contribution in [3.8, 4) is 0 Å². The Bertz CT molecular complexity index is 479. The molecule has 3 aliphatic carbocycles. The molecule has 0 amide bonds. The molecular weight excluding hydrogens is 232 g/mol. The van der Waals surface area contributed by atoms with E-state index in [9.17, 15) is 0 Å². The van der Waals surface area contributed by atoms with E-state index in [2.05, 4.69) is 19.7 Å². The van der Waals surface area contributed by atoms with Crippen LogP contribution in [0.25, 0.3) is 0 Å². The van der Waals surface area contributed by atoms with Crippen LogP contribution in [-0.4, -0.2) is 27.4 Å². The smallest absolute Gasteiger partial charge is 0.226 e. The first-order valence-electron chi connectivity index (χ1n) is 6.76. The van der Waals surface area contributed by atoms with E-state index in [0.29, 0.717) is 6.04 Å². The summed E-state index contributed by atoms with van der Waals surface area (Å²) < 4.78 is 3.07. The number of H-pyrrole nitrogens is 1. The SMILES string of the molecule is S=c1[nH]nc(N(CC2CC2)C2CC2)n1C1CC1. The molecule has 1 N–H and O–H groups in total. The molecule has 0 radical (unpaired) electrons. The Morgan fingerprint density at radius 3 is 2.59 bits per heavy atom. The quantitative estimate of drug-likeness (QED) is 0.816. The molecule has 1 heterocycles. The number of nitrogens with one attached hydrogen (secondary N) is 1. The Morgan fingerprint density at radius 2 is 2.00 bits per heavy atom. The zero-order chi connectivity index (χ0) is 11.4. The van der Waals surface area contributed by atoms with Gasteiger partial charge in [0.2, 0.25) is 5.95 Å². The second-order valence-corrected chi connectivity index (χ2v) is 6.14. The van der Waals surface area contributed by atoms with Gasteiger partial charge in [0.05, 0.1) is 0 Å². The standard InChI is InChI=1S/C12H18N4S/c17-12-14-13-11(16(12)10-5-6-10)15(9-3-4-9)7-8-1-2-8/h8-10H,1-7H2,(H,14,17). The van der Waals surface area contributed by atoms with Crippen LogP contribution < -0.4 is 4.90 Å². The molecule has 0 bridgehead atoms. The Hall–Kier alpha value is -0.840. The van der Waals surface area contributed by atoms with E-state index in [1.807, 2.05) is 0 Å². The molecule has 0 spiro atoms. The zero-order valence-corrected chi connectivity index (χ0v) is 10.7. The second-order valence-electron chi connectivity index (χ2n) is 5.76. The van der Waals surface area contributed by atoms with Crippen molar-refractivity contribution in [2.24, 2.45) is 5.92 Å². The maximum Gasteiger partial charge on any atom is 0.226 e. The summed E-state index contributed by atoms with van der Waals surface area (Å²) in [5.41, 5.74) is 0. The van der Waals surface area contributed by atoms with Gasteiger partial charge in [-0.1, -0.05) is 0 Å². The highest BCUT2D eigenvalue weighted by atomic mass is 32.1. The number of anilines is 1. The van der Waals surface area contributed by atoms with Crippen molar-refractivity contribution in [3.63, 3.8) is 0 Å². The van der Waals surface area contributed by atoms with Crippen LogP contribution in [-0.2, 0) is 0 Å². The fourth-order valence-electron chi connectivity index (χ4n) is 2.52. The summed E-state index contributed by atoms with van der Waals surface area (Å²) in [7, 11) is 0. The third kappa shape index (κ3) is 1.90. The summed E-state index contributed by atoms with van der Waals surface area (Å²) in [6, 6.07) is 1.36. The molecule has 0 unspecified atom stereocenters. The molecule has 0 atom stereocenters. The number of aromatic amines is 1. The highest BCUT2D eigenvalue weighted by Gasteiger charge is 2.38. The van der Waals surface area contributed by atoms with Gasteiger partial charge in [0.25, 0.3) is 0 Å². The molecule has 17 heavy (non-hydrogen) atoms. The third-order valence-electron chi connectivity index (χ3n) is 3.99. The van der Waals surface area contributed by atoms with Gasteiger partial charge in [-0.2, -0.15) is 0 Å². The lowest BCUT2D eigenvalue weighted by Crippen LogP contribution is -2.30. The molecule has 92 valence electrons. The average Bonchev–Trinajstić information content (AvgIpc) is 3.17. The molecular formula is C12H18N4S. The normalized spacial score (nSPS) is 24.0. The summed E-state index contributed by atoms with van der Waals surface area (Å²) in [5, 5.41) is 7.48. The topological polar surface area (TPSA) is 36.9 Å². The number of aromatic nitrogens is 3. The lowest BCUT2D eigenvalue weighted by molar-refractivity contribution is 0.645. The summed E-state index contributed by atoms with van der Waals surface area (Å²) in [6.07, 6.45) is 8.00. The third-order valence-corrected chi connectivity index (χ3v) is 4.28. The molecule has 3 fully saturated rings. The molecule has 3 aliphatic rings. The minimum absolute atomic E-state index is 0.622. The van der Waals surface area contributed by atoms with Crippen LogP contribution in [0.15, 0.2) is 0 Å². The van der Waals surface area contributed by atoms with Gasteiger partial charge in [-0.05, 0) is 56.7 Å².